The molecule has 0 saturated heterocycles. The van der Waals surface area contributed by atoms with Crippen LogP contribution in [0.1, 0.15) is 5.56 Å². The van der Waals surface area contributed by atoms with E-state index in [0.29, 0.717) is 0 Å². The van der Waals surface area contributed by atoms with Crippen LogP contribution in [0.3, 0.4) is 0 Å². The van der Waals surface area contributed by atoms with Crippen molar-refractivity contribution in [2.24, 2.45) is 5.73 Å². The molecule has 0 spiro atoms. The molecule has 1 unspecified atom stereocenters. The fraction of sp³-hybridized carbons (Fsp3) is 0.167. The molecule has 0 aliphatic carbocycles. The molecule has 4 N–H and O–H groups in total. The Morgan fingerprint density at radius 1 is 1.44 bits per heavy atom. The number of nitrogens with two attached hydrogens (primary N) is 1. The maximum atomic E-state index is 10.8. The first-order valence-electron chi connectivity index (χ1n) is 5.34. The van der Waals surface area contributed by atoms with Crippen molar-refractivity contribution in [3.63, 3.8) is 0 Å². The zero-order chi connectivity index (χ0) is 13.1. The number of hydrogen-bond acceptors (Lipinski definition) is 3. The molecule has 1 aromatic heterocycles. The number of carbonyl (C=O) groups is 1. The fourth-order valence-corrected chi connectivity index (χ4v) is 1.92. The van der Waals surface area contributed by atoms with Gasteiger partial charge in [-0.25, -0.2) is 0 Å². The molecule has 0 fully saturated rings. The predicted octanol–water partition coefficient (Wildman–Crippen LogP) is 1.79. The lowest BCUT2D eigenvalue weighted by Crippen LogP contribution is -2.32. The molecule has 0 aliphatic rings. The van der Waals surface area contributed by atoms with Gasteiger partial charge in [-0.2, -0.15) is 5.10 Å². The molecule has 0 aliphatic heterocycles. The number of H-pyrrole nitrogens is 1. The van der Waals surface area contributed by atoms with Gasteiger partial charge in [0.25, 0.3) is 0 Å². The fourth-order valence-electron chi connectivity index (χ4n) is 1.66. The van der Waals surface area contributed by atoms with E-state index < -0.39 is 12.0 Å². The lowest BCUT2D eigenvalue weighted by molar-refractivity contribution is -0.138. The molecule has 0 amide bonds. The molecule has 94 valence electrons. The van der Waals surface area contributed by atoms with E-state index in [4.69, 9.17) is 10.8 Å². The number of nitrogens with one attached hydrogen (secondary N) is 1. The van der Waals surface area contributed by atoms with E-state index in [1.54, 1.807) is 6.20 Å². The summed E-state index contributed by atoms with van der Waals surface area (Å²) in [6.45, 7) is 0. The number of rotatable bonds is 4. The van der Waals surface area contributed by atoms with Crippen LogP contribution >= 0.6 is 15.9 Å². The van der Waals surface area contributed by atoms with Crippen molar-refractivity contribution in [3.8, 4) is 11.3 Å². The number of aromatic nitrogens is 2. The number of hydrogen-bond donors (Lipinski definition) is 3. The third-order valence-corrected chi connectivity index (χ3v) is 3.14. The maximum absolute atomic E-state index is 10.8. The van der Waals surface area contributed by atoms with E-state index in [1.165, 1.54) is 0 Å². The zero-order valence-electron chi connectivity index (χ0n) is 9.43. The number of aliphatic carboxylic acids is 1. The van der Waals surface area contributed by atoms with Crippen molar-refractivity contribution in [1.29, 1.82) is 0 Å². The Morgan fingerprint density at radius 3 is 2.72 bits per heavy atom. The van der Waals surface area contributed by atoms with Gasteiger partial charge >= 0.3 is 5.97 Å². The first kappa shape index (κ1) is 12.8. The monoisotopic (exact) mass is 309 g/mol. The van der Waals surface area contributed by atoms with Gasteiger partial charge in [-0.3, -0.25) is 9.89 Å². The lowest BCUT2D eigenvalue weighted by atomic mass is 10.0. The third-order valence-electron chi connectivity index (χ3n) is 2.61. The average molecular weight is 310 g/mol. The minimum Gasteiger partial charge on any atom is -0.480 e. The number of benzene rings is 1. The molecule has 0 saturated carbocycles. The third kappa shape index (κ3) is 2.77. The highest BCUT2D eigenvalue weighted by atomic mass is 79.9. The smallest absolute Gasteiger partial charge is 0.320 e. The highest BCUT2D eigenvalue weighted by molar-refractivity contribution is 9.10. The van der Waals surface area contributed by atoms with Crippen molar-refractivity contribution in [2.45, 2.75) is 12.5 Å². The van der Waals surface area contributed by atoms with Crippen LogP contribution in [-0.4, -0.2) is 27.3 Å². The average Bonchev–Trinajstić information content (AvgIpc) is 2.78. The van der Waals surface area contributed by atoms with Crippen molar-refractivity contribution in [1.82, 2.24) is 10.2 Å². The predicted molar refractivity (Wildman–Crippen MR) is 71.0 cm³/mol. The summed E-state index contributed by atoms with van der Waals surface area (Å²) in [6, 6.07) is 6.76. The van der Waals surface area contributed by atoms with Gasteiger partial charge in [-0.05, 0) is 23.3 Å². The Kier molecular flexibility index (Phi) is 3.78. The first-order valence-corrected chi connectivity index (χ1v) is 6.14. The molecule has 1 heterocycles. The topological polar surface area (TPSA) is 92.0 Å². The van der Waals surface area contributed by atoms with Gasteiger partial charge < -0.3 is 10.8 Å². The van der Waals surface area contributed by atoms with Crippen LogP contribution in [0.25, 0.3) is 11.3 Å². The molecule has 0 bridgehead atoms. The molecule has 18 heavy (non-hydrogen) atoms. The summed E-state index contributed by atoms with van der Waals surface area (Å²) in [5, 5.41) is 15.6. The van der Waals surface area contributed by atoms with E-state index in [1.807, 2.05) is 24.3 Å². The van der Waals surface area contributed by atoms with E-state index in [0.717, 1.165) is 21.3 Å². The number of nitrogens with zero attached hydrogens (tertiary/aromatic N) is 1. The Hall–Kier alpha value is -1.66. The standard InChI is InChI=1S/C12H12BrN3O2/c13-9-3-1-7(2-4-9)11-8(6-15-16-11)5-10(14)12(17)18/h1-4,6,10H,5,14H2,(H,15,16)(H,17,18). The second-order valence-electron chi connectivity index (χ2n) is 3.93. The number of halogens is 1. The van der Waals surface area contributed by atoms with Crippen molar-refractivity contribution >= 4 is 21.9 Å². The first-order chi connectivity index (χ1) is 8.58. The van der Waals surface area contributed by atoms with Crippen LogP contribution in [0, 0.1) is 0 Å². The number of carboxylic acid groups (broad SMARTS) is 1. The summed E-state index contributed by atoms with van der Waals surface area (Å²) >= 11 is 3.36. The second-order valence-corrected chi connectivity index (χ2v) is 4.84. The summed E-state index contributed by atoms with van der Waals surface area (Å²) in [4.78, 5) is 10.8. The van der Waals surface area contributed by atoms with E-state index in [2.05, 4.69) is 26.1 Å². The summed E-state index contributed by atoms with van der Waals surface area (Å²) in [7, 11) is 0. The molecular formula is C12H12BrN3O2. The summed E-state index contributed by atoms with van der Waals surface area (Å²) < 4.78 is 0.981. The molecule has 6 heteroatoms. The van der Waals surface area contributed by atoms with E-state index in [9.17, 15) is 4.79 Å². The molecule has 0 radical (unpaired) electrons. The van der Waals surface area contributed by atoms with Gasteiger partial charge in [-0.15, -0.1) is 0 Å². The summed E-state index contributed by atoms with van der Waals surface area (Å²) in [6.07, 6.45) is 1.86. The van der Waals surface area contributed by atoms with Crippen LogP contribution in [0.15, 0.2) is 34.9 Å². The maximum Gasteiger partial charge on any atom is 0.320 e. The molecule has 1 atom stereocenters. The van der Waals surface area contributed by atoms with Gasteiger partial charge in [0.05, 0.1) is 11.9 Å². The highest BCUT2D eigenvalue weighted by Crippen LogP contribution is 2.23. The number of carboxylic acids is 1. The van der Waals surface area contributed by atoms with Crippen molar-refractivity contribution in [3.05, 3.63) is 40.5 Å². The van der Waals surface area contributed by atoms with E-state index >= 15 is 0 Å². The Labute approximate surface area is 112 Å². The normalized spacial score (nSPS) is 12.3. The van der Waals surface area contributed by atoms with Crippen LogP contribution in [-0.2, 0) is 11.2 Å². The van der Waals surface area contributed by atoms with Crippen LogP contribution < -0.4 is 5.73 Å². The van der Waals surface area contributed by atoms with Gasteiger partial charge in [-0.1, -0.05) is 28.1 Å². The van der Waals surface area contributed by atoms with Crippen molar-refractivity contribution in [2.75, 3.05) is 0 Å². The Balaban J connectivity index is 2.27. The molecular weight excluding hydrogens is 298 g/mol. The lowest BCUT2D eigenvalue weighted by Gasteiger charge is -2.07. The molecule has 2 rings (SSSR count). The van der Waals surface area contributed by atoms with Crippen LogP contribution in [0.4, 0.5) is 0 Å². The van der Waals surface area contributed by atoms with Gasteiger partial charge in [0.15, 0.2) is 0 Å². The minimum absolute atomic E-state index is 0.247. The summed E-state index contributed by atoms with van der Waals surface area (Å²) in [5.74, 6) is -1.02. The van der Waals surface area contributed by atoms with Gasteiger partial charge in [0.2, 0.25) is 0 Å². The number of aromatic amines is 1. The Morgan fingerprint density at radius 2 is 2.11 bits per heavy atom. The van der Waals surface area contributed by atoms with Crippen LogP contribution in [0.5, 0.6) is 0 Å². The van der Waals surface area contributed by atoms with Gasteiger partial charge in [0.1, 0.15) is 6.04 Å². The van der Waals surface area contributed by atoms with Crippen LogP contribution in [0.2, 0.25) is 0 Å². The molecule has 2 aromatic rings. The van der Waals surface area contributed by atoms with Gasteiger partial charge in [0, 0.05) is 10.9 Å². The quantitative estimate of drug-likeness (QED) is 0.803. The van der Waals surface area contributed by atoms with E-state index in [-0.39, 0.29) is 6.42 Å². The SMILES string of the molecule is NC(Cc1cn[nH]c1-c1ccc(Br)cc1)C(=O)O. The Bertz CT molecular complexity index is 551. The minimum atomic E-state index is -1.02. The summed E-state index contributed by atoms with van der Waals surface area (Å²) in [5.41, 5.74) is 8.08. The largest absolute Gasteiger partial charge is 0.480 e. The molecule has 5 nitrogen and oxygen atoms in total. The second kappa shape index (κ2) is 5.32. The van der Waals surface area contributed by atoms with Crippen molar-refractivity contribution < 1.29 is 9.90 Å². The highest BCUT2D eigenvalue weighted by Gasteiger charge is 2.16. The molecule has 1 aromatic carbocycles. The zero-order valence-corrected chi connectivity index (χ0v) is 11.0.